The first-order valence-electron chi connectivity index (χ1n) is 9.30. The van der Waals surface area contributed by atoms with Gasteiger partial charge in [-0.05, 0) is 36.1 Å². The molecule has 1 saturated carbocycles. The van der Waals surface area contributed by atoms with Gasteiger partial charge >= 0.3 is 0 Å². The van der Waals surface area contributed by atoms with Gasteiger partial charge in [-0.1, -0.05) is 59.1 Å². The van der Waals surface area contributed by atoms with Crippen LogP contribution in [-0.4, -0.2) is 26.7 Å². The van der Waals surface area contributed by atoms with Crippen molar-refractivity contribution in [2.75, 3.05) is 20.8 Å². The monoisotopic (exact) mass is 431 g/mol. The first-order chi connectivity index (χ1) is 13.1. The topological polar surface area (TPSA) is 47.6 Å². The van der Waals surface area contributed by atoms with Gasteiger partial charge in [0.1, 0.15) is 0 Å². The van der Waals surface area contributed by atoms with Crippen molar-refractivity contribution in [1.82, 2.24) is 5.32 Å². The highest BCUT2D eigenvalue weighted by atomic mass is 79.9. The SMILES string of the molecule is COc1cc(Br)c(CC(=O)NCC2(c3ccccc3)CCCC2)cc1OC. The lowest BCUT2D eigenvalue weighted by atomic mass is 9.79. The molecule has 1 amide bonds. The second-order valence-corrected chi connectivity index (χ2v) is 7.96. The number of ether oxygens (including phenoxy) is 2. The Morgan fingerprint density at radius 2 is 1.70 bits per heavy atom. The highest BCUT2D eigenvalue weighted by Gasteiger charge is 2.35. The number of hydrogen-bond donors (Lipinski definition) is 1. The van der Waals surface area contributed by atoms with Gasteiger partial charge in [0.2, 0.25) is 5.91 Å². The standard InChI is InChI=1S/C22H26BrNO3/c1-26-19-12-16(18(23)14-20(19)27-2)13-21(25)24-15-22(10-6-7-11-22)17-8-4-3-5-9-17/h3-5,8-9,12,14H,6-7,10-11,13,15H2,1-2H3,(H,24,25). The third-order valence-electron chi connectivity index (χ3n) is 5.47. The fraction of sp³-hybridized carbons (Fsp3) is 0.409. The van der Waals surface area contributed by atoms with Crippen molar-refractivity contribution >= 4 is 21.8 Å². The van der Waals surface area contributed by atoms with Crippen molar-refractivity contribution in [3.63, 3.8) is 0 Å². The number of benzene rings is 2. The molecule has 3 rings (SSSR count). The summed E-state index contributed by atoms with van der Waals surface area (Å²) in [5.41, 5.74) is 2.27. The van der Waals surface area contributed by atoms with Crippen LogP contribution in [-0.2, 0) is 16.6 Å². The molecule has 1 N–H and O–H groups in total. The molecule has 1 aliphatic rings. The second kappa shape index (κ2) is 8.79. The molecule has 0 aliphatic heterocycles. The van der Waals surface area contributed by atoms with E-state index >= 15 is 0 Å². The molecule has 4 nitrogen and oxygen atoms in total. The van der Waals surface area contributed by atoms with Crippen molar-refractivity contribution < 1.29 is 14.3 Å². The maximum atomic E-state index is 12.6. The highest BCUT2D eigenvalue weighted by Crippen LogP contribution is 2.40. The number of rotatable bonds is 7. The summed E-state index contributed by atoms with van der Waals surface area (Å²) in [5.74, 6) is 1.28. The smallest absolute Gasteiger partial charge is 0.224 e. The van der Waals surface area contributed by atoms with Gasteiger partial charge in [0.25, 0.3) is 0 Å². The summed E-state index contributed by atoms with van der Waals surface area (Å²) in [4.78, 5) is 12.6. The average molecular weight is 432 g/mol. The van der Waals surface area contributed by atoms with Crippen LogP contribution in [0.25, 0.3) is 0 Å². The van der Waals surface area contributed by atoms with Crippen LogP contribution in [0.1, 0.15) is 36.8 Å². The van der Waals surface area contributed by atoms with Gasteiger partial charge in [-0.3, -0.25) is 4.79 Å². The molecular formula is C22H26BrNO3. The minimum Gasteiger partial charge on any atom is -0.493 e. The zero-order valence-electron chi connectivity index (χ0n) is 15.9. The molecule has 0 saturated heterocycles. The molecule has 0 bridgehead atoms. The summed E-state index contributed by atoms with van der Waals surface area (Å²) in [6.07, 6.45) is 4.97. The minimum absolute atomic E-state index is 0.0186. The molecule has 1 aliphatic carbocycles. The maximum absolute atomic E-state index is 12.6. The number of methoxy groups -OCH3 is 2. The van der Waals surface area contributed by atoms with E-state index in [1.165, 1.54) is 18.4 Å². The quantitative estimate of drug-likeness (QED) is 0.694. The second-order valence-electron chi connectivity index (χ2n) is 7.11. The summed E-state index contributed by atoms with van der Waals surface area (Å²) < 4.78 is 11.5. The maximum Gasteiger partial charge on any atom is 0.224 e. The third kappa shape index (κ3) is 4.46. The van der Waals surface area contributed by atoms with Crippen LogP contribution in [0.15, 0.2) is 46.9 Å². The highest BCUT2D eigenvalue weighted by molar-refractivity contribution is 9.10. The van der Waals surface area contributed by atoms with Crippen LogP contribution in [0.2, 0.25) is 0 Å². The van der Waals surface area contributed by atoms with E-state index in [1.807, 2.05) is 18.2 Å². The molecule has 27 heavy (non-hydrogen) atoms. The van der Waals surface area contributed by atoms with Crippen molar-refractivity contribution in [3.05, 3.63) is 58.1 Å². The van der Waals surface area contributed by atoms with E-state index < -0.39 is 0 Å². The largest absolute Gasteiger partial charge is 0.493 e. The van der Waals surface area contributed by atoms with E-state index in [2.05, 4.69) is 45.5 Å². The van der Waals surface area contributed by atoms with Gasteiger partial charge in [-0.2, -0.15) is 0 Å². The van der Waals surface area contributed by atoms with Crippen LogP contribution in [0, 0.1) is 0 Å². The van der Waals surface area contributed by atoms with Crippen LogP contribution in [0.4, 0.5) is 0 Å². The molecule has 144 valence electrons. The molecular weight excluding hydrogens is 406 g/mol. The van der Waals surface area contributed by atoms with Crippen molar-refractivity contribution in [2.45, 2.75) is 37.5 Å². The summed E-state index contributed by atoms with van der Waals surface area (Å²) in [6, 6.07) is 14.3. The Kier molecular flexibility index (Phi) is 6.42. The predicted octanol–water partition coefficient (Wildman–Crippen LogP) is 4.64. The van der Waals surface area contributed by atoms with Gasteiger partial charge in [0, 0.05) is 16.4 Å². The molecule has 0 heterocycles. The third-order valence-corrected chi connectivity index (χ3v) is 6.21. The lowest BCUT2D eigenvalue weighted by molar-refractivity contribution is -0.120. The predicted molar refractivity (Wildman–Crippen MR) is 111 cm³/mol. The van der Waals surface area contributed by atoms with Gasteiger partial charge < -0.3 is 14.8 Å². The summed E-state index contributed by atoms with van der Waals surface area (Å²) >= 11 is 3.53. The minimum atomic E-state index is 0.0186. The molecule has 0 atom stereocenters. The molecule has 1 fully saturated rings. The van der Waals surface area contributed by atoms with E-state index in [4.69, 9.17) is 9.47 Å². The van der Waals surface area contributed by atoms with Crippen molar-refractivity contribution in [1.29, 1.82) is 0 Å². The van der Waals surface area contributed by atoms with Crippen LogP contribution in [0.3, 0.4) is 0 Å². The van der Waals surface area contributed by atoms with Crippen LogP contribution >= 0.6 is 15.9 Å². The van der Waals surface area contributed by atoms with Crippen LogP contribution in [0.5, 0.6) is 11.5 Å². The first-order valence-corrected chi connectivity index (χ1v) is 10.1. The Balaban J connectivity index is 1.69. The van der Waals surface area contributed by atoms with E-state index in [1.54, 1.807) is 14.2 Å². The zero-order chi connectivity index (χ0) is 19.3. The Bertz CT molecular complexity index is 786. The normalized spacial score (nSPS) is 15.4. The Labute approximate surface area is 169 Å². The fourth-order valence-corrected chi connectivity index (χ4v) is 4.41. The summed E-state index contributed by atoms with van der Waals surface area (Å²) in [6.45, 7) is 0.681. The Hall–Kier alpha value is -2.01. The average Bonchev–Trinajstić information content (AvgIpc) is 3.18. The van der Waals surface area contributed by atoms with Gasteiger partial charge in [0.05, 0.1) is 20.6 Å². The molecule has 0 spiro atoms. The van der Waals surface area contributed by atoms with Crippen molar-refractivity contribution in [2.24, 2.45) is 0 Å². The fourth-order valence-electron chi connectivity index (χ4n) is 3.95. The summed E-state index contributed by atoms with van der Waals surface area (Å²) in [5, 5.41) is 3.17. The molecule has 0 unspecified atom stereocenters. The van der Waals surface area contributed by atoms with Gasteiger partial charge in [0.15, 0.2) is 11.5 Å². The molecule has 0 radical (unpaired) electrons. The van der Waals surface area contributed by atoms with E-state index in [0.29, 0.717) is 24.5 Å². The van der Waals surface area contributed by atoms with Crippen molar-refractivity contribution in [3.8, 4) is 11.5 Å². The first kappa shape index (κ1) is 19.7. The molecule has 0 aromatic heterocycles. The Morgan fingerprint density at radius 3 is 2.33 bits per heavy atom. The zero-order valence-corrected chi connectivity index (χ0v) is 17.5. The van der Waals surface area contributed by atoms with E-state index in [-0.39, 0.29) is 11.3 Å². The van der Waals surface area contributed by atoms with E-state index in [9.17, 15) is 4.79 Å². The van der Waals surface area contributed by atoms with Gasteiger partial charge in [-0.25, -0.2) is 0 Å². The number of hydrogen-bond acceptors (Lipinski definition) is 3. The van der Waals surface area contributed by atoms with Gasteiger partial charge in [-0.15, -0.1) is 0 Å². The number of amides is 1. The molecule has 5 heteroatoms. The molecule has 2 aromatic carbocycles. The number of nitrogens with one attached hydrogen (secondary N) is 1. The number of carbonyl (C=O) groups excluding carboxylic acids is 1. The van der Waals surface area contributed by atoms with E-state index in [0.717, 1.165) is 22.9 Å². The number of carbonyl (C=O) groups is 1. The number of halogens is 1. The summed E-state index contributed by atoms with van der Waals surface area (Å²) in [7, 11) is 3.20. The molecule has 2 aromatic rings. The lowest BCUT2D eigenvalue weighted by Crippen LogP contribution is -2.39. The Morgan fingerprint density at radius 1 is 1.07 bits per heavy atom. The lowest BCUT2D eigenvalue weighted by Gasteiger charge is -2.30. The van der Waals surface area contributed by atoms with Crippen LogP contribution < -0.4 is 14.8 Å².